The van der Waals surface area contributed by atoms with Crippen molar-refractivity contribution in [3.05, 3.63) is 43.5 Å². The second-order valence-electron chi connectivity index (χ2n) is 2.71. The van der Waals surface area contributed by atoms with Crippen molar-refractivity contribution in [3.63, 3.8) is 0 Å². The van der Waals surface area contributed by atoms with Gasteiger partial charge in [0, 0.05) is 16.5 Å². The first kappa shape index (κ1) is 8.57. The molecule has 1 heterocycles. The molecule has 2 aromatic rings. The van der Waals surface area contributed by atoms with Crippen LogP contribution in [0.3, 0.4) is 0 Å². The van der Waals surface area contributed by atoms with Crippen molar-refractivity contribution in [3.8, 4) is 0 Å². The van der Waals surface area contributed by atoms with Crippen LogP contribution in [-0.2, 0) is 0 Å². The Labute approximate surface area is 82.2 Å². The number of fused-ring (bicyclic) bond motifs is 1. The second-order valence-corrected chi connectivity index (χ2v) is 3.88. The van der Waals surface area contributed by atoms with Gasteiger partial charge in [-0.05, 0) is 24.8 Å². The molecule has 1 aromatic carbocycles. The highest BCUT2D eigenvalue weighted by Gasteiger charge is 1.95. The van der Waals surface area contributed by atoms with Crippen molar-refractivity contribution >= 4 is 22.7 Å². The van der Waals surface area contributed by atoms with E-state index in [0.29, 0.717) is 0 Å². The highest BCUT2D eigenvalue weighted by Crippen LogP contribution is 2.20. The topological polar surface area (TPSA) is 12.9 Å². The summed E-state index contributed by atoms with van der Waals surface area (Å²) < 4.78 is 0. The zero-order chi connectivity index (χ0) is 9.10. The van der Waals surface area contributed by atoms with E-state index in [1.54, 1.807) is 11.8 Å². The molecule has 1 nitrogen and oxygen atoms in total. The maximum absolute atomic E-state index is 4.35. The molecule has 13 heavy (non-hydrogen) atoms. The molecule has 0 aliphatic rings. The molecule has 0 N–H and O–H groups in total. The Morgan fingerprint density at radius 1 is 1.31 bits per heavy atom. The van der Waals surface area contributed by atoms with E-state index in [9.17, 15) is 0 Å². The summed E-state index contributed by atoms with van der Waals surface area (Å²) in [6.07, 6.45) is 1.90. The number of nitrogens with zero attached hydrogens (tertiary/aromatic N) is 1. The molecular weight excluding hydrogens is 178 g/mol. The molecule has 0 atom stereocenters. The zero-order valence-corrected chi connectivity index (χ0v) is 8.05. The summed E-state index contributed by atoms with van der Waals surface area (Å²) in [5.74, 6) is 0.847. The molecule has 0 amide bonds. The molecule has 1 aromatic heterocycles. The lowest BCUT2D eigenvalue weighted by atomic mass is 10.2. The molecule has 0 aliphatic heterocycles. The smallest absolute Gasteiger partial charge is 0.0702 e. The molecule has 0 saturated carbocycles. The van der Waals surface area contributed by atoms with Gasteiger partial charge < -0.3 is 0 Å². The normalized spacial score (nSPS) is 10.5. The third-order valence-electron chi connectivity index (χ3n) is 1.83. The minimum Gasteiger partial charge on any atom is -0.255 e. The van der Waals surface area contributed by atoms with Gasteiger partial charge in [0.05, 0.1) is 5.52 Å². The molecule has 0 fully saturated rings. The Hall–Kier alpha value is -1.02. The van der Waals surface area contributed by atoms with Crippen molar-refractivity contribution in [2.24, 2.45) is 0 Å². The van der Waals surface area contributed by atoms with Crippen LogP contribution in [0, 0.1) is 6.92 Å². The van der Waals surface area contributed by atoms with Gasteiger partial charge in [-0.25, -0.2) is 0 Å². The van der Waals surface area contributed by atoms with Crippen molar-refractivity contribution in [2.45, 2.75) is 4.90 Å². The van der Waals surface area contributed by atoms with Gasteiger partial charge in [0.15, 0.2) is 0 Å². The highest BCUT2D eigenvalue weighted by atomic mass is 32.2. The number of thioether (sulfide) groups is 1. The van der Waals surface area contributed by atoms with E-state index < -0.39 is 0 Å². The van der Waals surface area contributed by atoms with Gasteiger partial charge in [0.1, 0.15) is 0 Å². The van der Waals surface area contributed by atoms with Crippen LogP contribution >= 0.6 is 11.8 Å². The predicted octanol–water partition coefficient (Wildman–Crippen LogP) is 3.16. The summed E-state index contributed by atoms with van der Waals surface area (Å²) >= 11 is 1.72. The Morgan fingerprint density at radius 2 is 2.15 bits per heavy atom. The third kappa shape index (κ3) is 1.83. The number of aromatic nitrogens is 1. The third-order valence-corrected chi connectivity index (χ3v) is 2.59. The molecule has 65 valence electrons. The SMILES string of the molecule is [CH2]CSc1cnc2ccccc2c1. The number of para-hydroxylation sites is 1. The van der Waals surface area contributed by atoms with E-state index in [1.807, 2.05) is 24.4 Å². The van der Waals surface area contributed by atoms with Gasteiger partial charge in [-0.15, -0.1) is 11.8 Å². The van der Waals surface area contributed by atoms with E-state index in [0.717, 1.165) is 11.3 Å². The number of pyridine rings is 1. The van der Waals surface area contributed by atoms with Crippen LogP contribution in [-0.4, -0.2) is 10.7 Å². The van der Waals surface area contributed by atoms with Crippen LogP contribution in [0.1, 0.15) is 0 Å². The fraction of sp³-hybridized carbons (Fsp3) is 0.0909. The summed E-state index contributed by atoms with van der Waals surface area (Å²) in [7, 11) is 0. The monoisotopic (exact) mass is 188 g/mol. The lowest BCUT2D eigenvalue weighted by Crippen LogP contribution is -1.80. The van der Waals surface area contributed by atoms with E-state index in [2.05, 4.69) is 24.0 Å². The van der Waals surface area contributed by atoms with Gasteiger partial charge >= 0.3 is 0 Å². The summed E-state index contributed by atoms with van der Waals surface area (Å²) in [5, 5.41) is 1.20. The van der Waals surface area contributed by atoms with Gasteiger partial charge in [-0.2, -0.15) is 0 Å². The van der Waals surface area contributed by atoms with Crippen LogP contribution in [0.2, 0.25) is 0 Å². The first-order chi connectivity index (χ1) is 6.40. The summed E-state index contributed by atoms with van der Waals surface area (Å²) in [4.78, 5) is 5.54. The van der Waals surface area contributed by atoms with Crippen molar-refractivity contribution in [2.75, 3.05) is 5.75 Å². The number of benzene rings is 1. The summed E-state index contributed by atoms with van der Waals surface area (Å²) in [5.41, 5.74) is 1.05. The van der Waals surface area contributed by atoms with Crippen LogP contribution in [0.25, 0.3) is 10.9 Å². The lowest BCUT2D eigenvalue weighted by Gasteiger charge is -1.99. The maximum atomic E-state index is 4.35. The number of rotatable bonds is 2. The largest absolute Gasteiger partial charge is 0.255 e. The first-order valence-electron chi connectivity index (χ1n) is 4.17. The molecule has 0 saturated heterocycles. The van der Waals surface area contributed by atoms with E-state index >= 15 is 0 Å². The molecule has 1 radical (unpaired) electrons. The fourth-order valence-electron chi connectivity index (χ4n) is 1.25. The van der Waals surface area contributed by atoms with Crippen molar-refractivity contribution in [1.29, 1.82) is 0 Å². The minimum atomic E-state index is 0.847. The summed E-state index contributed by atoms with van der Waals surface area (Å²) in [6.45, 7) is 3.80. The molecule has 0 unspecified atom stereocenters. The van der Waals surface area contributed by atoms with Crippen molar-refractivity contribution < 1.29 is 0 Å². The van der Waals surface area contributed by atoms with Crippen LogP contribution in [0.4, 0.5) is 0 Å². The lowest BCUT2D eigenvalue weighted by molar-refractivity contribution is 1.30. The summed E-state index contributed by atoms with van der Waals surface area (Å²) in [6, 6.07) is 10.3. The molecule has 0 bridgehead atoms. The Kier molecular flexibility index (Phi) is 2.50. The van der Waals surface area contributed by atoms with Crippen LogP contribution in [0.15, 0.2) is 41.4 Å². The molecule has 2 heteroatoms. The molecule has 0 aliphatic carbocycles. The Bertz CT molecular complexity index is 412. The van der Waals surface area contributed by atoms with E-state index in [-0.39, 0.29) is 0 Å². The first-order valence-corrected chi connectivity index (χ1v) is 5.15. The maximum Gasteiger partial charge on any atom is 0.0702 e. The van der Waals surface area contributed by atoms with E-state index in [1.165, 1.54) is 10.3 Å². The second kappa shape index (κ2) is 3.79. The standard InChI is InChI=1S/C11H10NS/c1-2-13-10-7-9-5-3-4-6-11(9)12-8-10/h3-8H,1-2H2. The highest BCUT2D eigenvalue weighted by molar-refractivity contribution is 7.99. The minimum absolute atomic E-state index is 0.847. The van der Waals surface area contributed by atoms with Gasteiger partial charge in [0.25, 0.3) is 0 Å². The van der Waals surface area contributed by atoms with Gasteiger partial charge in [-0.3, -0.25) is 4.98 Å². The quantitative estimate of drug-likeness (QED) is 0.671. The average Bonchev–Trinajstić information content (AvgIpc) is 2.18. The van der Waals surface area contributed by atoms with Crippen LogP contribution in [0.5, 0.6) is 0 Å². The average molecular weight is 188 g/mol. The zero-order valence-electron chi connectivity index (χ0n) is 7.23. The van der Waals surface area contributed by atoms with Crippen molar-refractivity contribution in [1.82, 2.24) is 4.98 Å². The number of hydrogen-bond acceptors (Lipinski definition) is 2. The molecular formula is C11H10NS. The molecule has 2 rings (SSSR count). The molecule has 0 spiro atoms. The predicted molar refractivity (Wildman–Crippen MR) is 57.8 cm³/mol. The van der Waals surface area contributed by atoms with E-state index in [4.69, 9.17) is 0 Å². The van der Waals surface area contributed by atoms with Gasteiger partial charge in [0.2, 0.25) is 0 Å². The fourth-order valence-corrected chi connectivity index (χ4v) is 1.82. The number of hydrogen-bond donors (Lipinski definition) is 0. The Balaban J connectivity index is 2.49. The van der Waals surface area contributed by atoms with Crippen LogP contribution < -0.4 is 0 Å². The van der Waals surface area contributed by atoms with Gasteiger partial charge in [-0.1, -0.05) is 18.2 Å². The Morgan fingerprint density at radius 3 is 3.00 bits per heavy atom.